The van der Waals surface area contributed by atoms with E-state index < -0.39 is 5.41 Å². The van der Waals surface area contributed by atoms with Crippen LogP contribution in [0.2, 0.25) is 0 Å². The van der Waals surface area contributed by atoms with Crippen LogP contribution in [-0.4, -0.2) is 4.57 Å². The number of para-hydroxylation sites is 2. The van der Waals surface area contributed by atoms with Crippen molar-refractivity contribution in [2.45, 2.75) is 5.41 Å². The lowest BCUT2D eigenvalue weighted by atomic mass is 9.67. The lowest BCUT2D eigenvalue weighted by Crippen LogP contribution is -2.28. The van der Waals surface area contributed by atoms with Crippen LogP contribution in [0.4, 0.5) is 17.1 Å². The zero-order chi connectivity index (χ0) is 41.7. The van der Waals surface area contributed by atoms with Gasteiger partial charge in [0.25, 0.3) is 0 Å². The minimum atomic E-state index is -0.542. The van der Waals surface area contributed by atoms with Crippen molar-refractivity contribution in [3.05, 3.63) is 277 Å². The molecule has 0 amide bonds. The molecule has 0 spiro atoms. The number of aromatic nitrogens is 1. The van der Waals surface area contributed by atoms with Crippen molar-refractivity contribution in [2.75, 3.05) is 4.90 Å². The Kier molecular flexibility index (Phi) is 8.76. The molecule has 0 radical (unpaired) electrons. The molecule has 0 unspecified atom stereocenters. The molecule has 0 saturated carbocycles. The summed E-state index contributed by atoms with van der Waals surface area (Å²) < 4.78 is 2.43. The second kappa shape index (κ2) is 15.1. The lowest BCUT2D eigenvalue weighted by Gasteiger charge is -2.35. The van der Waals surface area contributed by atoms with Gasteiger partial charge in [0.05, 0.1) is 22.1 Å². The van der Waals surface area contributed by atoms with Crippen LogP contribution in [0.1, 0.15) is 22.3 Å². The van der Waals surface area contributed by atoms with Crippen LogP contribution >= 0.6 is 0 Å². The molecule has 1 aromatic heterocycles. The Labute approximate surface area is 368 Å². The Morgan fingerprint density at radius 1 is 0.317 bits per heavy atom. The van der Waals surface area contributed by atoms with Crippen molar-refractivity contribution >= 4 is 38.9 Å². The van der Waals surface area contributed by atoms with Gasteiger partial charge in [0.15, 0.2) is 0 Å². The predicted molar refractivity (Wildman–Crippen MR) is 264 cm³/mol. The van der Waals surface area contributed by atoms with Crippen molar-refractivity contribution in [3.8, 4) is 39.1 Å². The van der Waals surface area contributed by atoms with Gasteiger partial charge in [0, 0.05) is 33.4 Å². The third-order valence-corrected chi connectivity index (χ3v) is 13.1. The molecule has 0 fully saturated rings. The summed E-state index contributed by atoms with van der Waals surface area (Å²) in [5, 5.41) is 2.44. The fourth-order valence-electron chi connectivity index (χ4n) is 10.3. The van der Waals surface area contributed by atoms with Crippen molar-refractivity contribution in [1.82, 2.24) is 4.57 Å². The third-order valence-electron chi connectivity index (χ3n) is 13.1. The van der Waals surface area contributed by atoms with Crippen LogP contribution in [0.5, 0.6) is 0 Å². The number of hydrogen-bond donors (Lipinski definition) is 0. The Balaban J connectivity index is 1.18. The predicted octanol–water partition coefficient (Wildman–Crippen LogP) is 16.0. The molecular formula is C61H42N2. The molecule has 1 aliphatic rings. The quantitative estimate of drug-likeness (QED) is 0.149. The van der Waals surface area contributed by atoms with Gasteiger partial charge in [-0.05, 0) is 105 Å². The number of benzene rings is 10. The summed E-state index contributed by atoms with van der Waals surface area (Å²) in [5.41, 5.74) is 18.5. The van der Waals surface area contributed by atoms with Gasteiger partial charge >= 0.3 is 0 Å². The van der Waals surface area contributed by atoms with Crippen LogP contribution < -0.4 is 4.90 Å². The minimum Gasteiger partial charge on any atom is -0.310 e. The molecule has 0 aliphatic heterocycles. The zero-order valence-electron chi connectivity index (χ0n) is 34.6. The molecule has 0 atom stereocenters. The maximum atomic E-state index is 2.49. The van der Waals surface area contributed by atoms with Crippen molar-refractivity contribution in [1.29, 1.82) is 0 Å². The monoisotopic (exact) mass is 802 g/mol. The van der Waals surface area contributed by atoms with E-state index in [9.17, 15) is 0 Å². The van der Waals surface area contributed by atoms with Gasteiger partial charge in [0.1, 0.15) is 0 Å². The minimum absolute atomic E-state index is 0.542. The van der Waals surface area contributed by atoms with E-state index in [1.165, 1.54) is 60.8 Å². The molecule has 2 heteroatoms. The fraction of sp³-hybridized carbons (Fsp3) is 0.0164. The summed E-state index contributed by atoms with van der Waals surface area (Å²) >= 11 is 0. The first-order chi connectivity index (χ1) is 31.3. The molecule has 2 nitrogen and oxygen atoms in total. The average Bonchev–Trinajstić information content (AvgIpc) is 3.85. The standard InChI is InChI=1S/C61H42N2/c1-6-20-43(21-7-1)44-34-36-49(37-35-44)62(50-38-39-52-51-30-16-18-32-56(51)61(57(52)40-50,46-24-10-3-11-25-46)47-26-12-4-13-27-47)59-42-60-55(41-54(59)45-22-8-2-9-23-45)53-31-17-19-33-58(53)63(60)48-28-14-5-15-29-48/h1-42H. The van der Waals surface area contributed by atoms with Crippen LogP contribution in [0.3, 0.4) is 0 Å². The van der Waals surface area contributed by atoms with Crippen LogP contribution in [-0.2, 0) is 5.41 Å². The summed E-state index contributed by atoms with van der Waals surface area (Å²) in [6.45, 7) is 0. The second-order valence-electron chi connectivity index (χ2n) is 16.4. The van der Waals surface area contributed by atoms with Gasteiger partial charge in [-0.1, -0.05) is 200 Å². The number of anilines is 3. The van der Waals surface area contributed by atoms with Gasteiger partial charge in [-0.2, -0.15) is 0 Å². The molecule has 296 valence electrons. The Hall–Kier alpha value is -8.20. The van der Waals surface area contributed by atoms with Gasteiger partial charge in [-0.3, -0.25) is 0 Å². The zero-order valence-corrected chi connectivity index (χ0v) is 34.6. The molecule has 0 bridgehead atoms. The van der Waals surface area contributed by atoms with Gasteiger partial charge < -0.3 is 9.47 Å². The molecule has 0 N–H and O–H groups in total. The summed E-state index contributed by atoms with van der Waals surface area (Å²) in [6, 6.07) is 93.4. The third kappa shape index (κ3) is 5.87. The number of nitrogens with zero attached hydrogens (tertiary/aromatic N) is 2. The van der Waals surface area contributed by atoms with Crippen molar-refractivity contribution < 1.29 is 0 Å². The van der Waals surface area contributed by atoms with E-state index >= 15 is 0 Å². The van der Waals surface area contributed by atoms with Crippen LogP contribution in [0.15, 0.2) is 255 Å². The summed E-state index contributed by atoms with van der Waals surface area (Å²) in [5.74, 6) is 0. The number of hydrogen-bond acceptors (Lipinski definition) is 1. The molecule has 1 aliphatic carbocycles. The van der Waals surface area contributed by atoms with Gasteiger partial charge in [0.2, 0.25) is 0 Å². The summed E-state index contributed by atoms with van der Waals surface area (Å²) in [6.07, 6.45) is 0. The van der Waals surface area contributed by atoms with Crippen molar-refractivity contribution in [2.24, 2.45) is 0 Å². The molecular weight excluding hydrogens is 761 g/mol. The highest BCUT2D eigenvalue weighted by Gasteiger charge is 2.46. The summed E-state index contributed by atoms with van der Waals surface area (Å²) in [4.78, 5) is 2.49. The van der Waals surface area contributed by atoms with E-state index in [-0.39, 0.29) is 0 Å². The van der Waals surface area contributed by atoms with Crippen molar-refractivity contribution in [3.63, 3.8) is 0 Å². The first kappa shape index (κ1) is 36.6. The molecule has 0 saturated heterocycles. The largest absolute Gasteiger partial charge is 0.310 e. The van der Waals surface area contributed by atoms with Gasteiger partial charge in [-0.15, -0.1) is 0 Å². The second-order valence-corrected chi connectivity index (χ2v) is 16.4. The van der Waals surface area contributed by atoms with E-state index in [1.807, 2.05) is 0 Å². The fourth-order valence-corrected chi connectivity index (χ4v) is 10.3. The SMILES string of the molecule is c1ccc(-c2ccc(N(c3ccc4c(c3)C(c3ccccc3)(c3ccccc3)c3ccccc3-4)c3cc4c(cc3-c3ccccc3)c3ccccc3n4-c3ccccc3)cc2)cc1. The maximum Gasteiger partial charge on any atom is 0.0714 e. The Morgan fingerprint density at radius 3 is 1.52 bits per heavy atom. The summed E-state index contributed by atoms with van der Waals surface area (Å²) in [7, 11) is 0. The van der Waals surface area contributed by atoms with Crippen LogP contribution in [0, 0.1) is 0 Å². The van der Waals surface area contributed by atoms with E-state index in [0.29, 0.717) is 0 Å². The molecule has 12 rings (SSSR count). The number of fused-ring (bicyclic) bond motifs is 6. The number of rotatable bonds is 8. The Morgan fingerprint density at radius 2 is 0.841 bits per heavy atom. The smallest absolute Gasteiger partial charge is 0.0714 e. The normalized spacial score (nSPS) is 12.6. The highest BCUT2D eigenvalue weighted by Crippen LogP contribution is 2.57. The van der Waals surface area contributed by atoms with Gasteiger partial charge in [-0.25, -0.2) is 0 Å². The average molecular weight is 803 g/mol. The van der Waals surface area contributed by atoms with E-state index in [1.54, 1.807) is 0 Å². The highest BCUT2D eigenvalue weighted by atomic mass is 15.1. The molecule has 63 heavy (non-hydrogen) atoms. The Bertz CT molecular complexity index is 3370. The molecule has 11 aromatic rings. The maximum absolute atomic E-state index is 2.49. The van der Waals surface area contributed by atoms with E-state index in [0.717, 1.165) is 39.4 Å². The first-order valence-corrected chi connectivity index (χ1v) is 21.8. The van der Waals surface area contributed by atoms with E-state index in [4.69, 9.17) is 0 Å². The van der Waals surface area contributed by atoms with E-state index in [2.05, 4.69) is 264 Å². The first-order valence-electron chi connectivity index (χ1n) is 21.8. The molecule has 10 aromatic carbocycles. The lowest BCUT2D eigenvalue weighted by molar-refractivity contribution is 0.768. The van der Waals surface area contributed by atoms with Crippen LogP contribution in [0.25, 0.3) is 60.9 Å². The molecule has 1 heterocycles. The highest BCUT2D eigenvalue weighted by molar-refractivity contribution is 6.13. The topological polar surface area (TPSA) is 8.17 Å².